The number of benzene rings is 2. The van der Waals surface area contributed by atoms with Gasteiger partial charge in [-0.05, 0) is 48.9 Å². The fourth-order valence-corrected chi connectivity index (χ4v) is 3.77. The molecule has 0 aliphatic carbocycles. The summed E-state index contributed by atoms with van der Waals surface area (Å²) in [5.41, 5.74) is 3.25. The predicted octanol–water partition coefficient (Wildman–Crippen LogP) is 7.23. The summed E-state index contributed by atoms with van der Waals surface area (Å²) >= 11 is 0. The molecule has 0 saturated carbocycles. The van der Waals surface area contributed by atoms with Gasteiger partial charge in [-0.1, -0.05) is 73.8 Å². The second kappa shape index (κ2) is 15.2. The van der Waals surface area contributed by atoms with Crippen LogP contribution in [0.5, 0.6) is 23.0 Å². The summed E-state index contributed by atoms with van der Waals surface area (Å²) in [6.07, 6.45) is 6.89. The van der Waals surface area contributed by atoms with Gasteiger partial charge in [0.25, 0.3) is 0 Å². The smallest absolute Gasteiger partial charge is 0.166 e. The van der Waals surface area contributed by atoms with E-state index < -0.39 is 0 Å². The van der Waals surface area contributed by atoms with Gasteiger partial charge < -0.3 is 20.4 Å². The van der Waals surface area contributed by atoms with Crippen LogP contribution in [-0.2, 0) is 25.7 Å². The molecule has 0 unspecified atom stereocenters. The number of hydrogen-bond donors (Lipinski definition) is 4. The Balaban J connectivity index is 0.000000620. The minimum atomic E-state index is -0.0813. The number of Topliss-reactive ketones (excluding diaryl/α,β-unsaturated/α-hetero) is 1. The van der Waals surface area contributed by atoms with Crippen LogP contribution in [0, 0.1) is 0 Å². The summed E-state index contributed by atoms with van der Waals surface area (Å²) in [6.45, 7) is 9.88. The van der Waals surface area contributed by atoms with E-state index in [2.05, 4.69) is 6.92 Å². The van der Waals surface area contributed by atoms with E-state index in [0.29, 0.717) is 36.0 Å². The van der Waals surface area contributed by atoms with Gasteiger partial charge in [-0.15, -0.1) is 0 Å². The molecule has 2 aromatic rings. The zero-order valence-electron chi connectivity index (χ0n) is 20.3. The first kappa shape index (κ1) is 30.3. The van der Waals surface area contributed by atoms with Crippen molar-refractivity contribution in [3.05, 3.63) is 46.0 Å². The third kappa shape index (κ3) is 7.99. The maximum absolute atomic E-state index is 11.8. The van der Waals surface area contributed by atoms with Crippen molar-refractivity contribution in [2.75, 3.05) is 0 Å². The van der Waals surface area contributed by atoms with Crippen LogP contribution in [0.15, 0.2) is 18.2 Å². The maximum atomic E-state index is 11.8. The Bertz CT molecular complexity index is 887. The molecule has 33 heavy (non-hydrogen) atoms. The van der Waals surface area contributed by atoms with E-state index in [0.717, 1.165) is 49.7 Å². The van der Waals surface area contributed by atoms with Crippen molar-refractivity contribution in [1.29, 1.82) is 0 Å². The maximum Gasteiger partial charge on any atom is 0.166 e. The fourth-order valence-electron chi connectivity index (χ4n) is 3.77. The van der Waals surface area contributed by atoms with Crippen molar-refractivity contribution >= 4 is 5.78 Å². The first-order valence-corrected chi connectivity index (χ1v) is 11.9. The van der Waals surface area contributed by atoms with Gasteiger partial charge in [-0.2, -0.15) is 0 Å². The summed E-state index contributed by atoms with van der Waals surface area (Å²) in [4.78, 5) is 11.8. The van der Waals surface area contributed by atoms with Crippen molar-refractivity contribution in [2.45, 2.75) is 99.8 Å². The van der Waals surface area contributed by atoms with E-state index in [1.165, 1.54) is 0 Å². The summed E-state index contributed by atoms with van der Waals surface area (Å²) in [5.74, 6) is 0.532. The molecule has 0 atom stereocenters. The zero-order chi connectivity index (χ0) is 24.3. The van der Waals surface area contributed by atoms with Crippen molar-refractivity contribution in [3.8, 4) is 23.0 Å². The highest BCUT2D eigenvalue weighted by Crippen LogP contribution is 2.36. The number of phenolic OH excluding ortho intramolecular Hbond substituents is 4. The lowest BCUT2D eigenvalue weighted by Gasteiger charge is -2.14. The Kier molecular flexibility index (Phi) is 14.0. The molecule has 0 bridgehead atoms. The van der Waals surface area contributed by atoms with Gasteiger partial charge in [0, 0.05) is 17.5 Å². The van der Waals surface area contributed by atoms with Crippen LogP contribution < -0.4 is 0 Å². The van der Waals surface area contributed by atoms with E-state index in [9.17, 15) is 25.2 Å². The Morgan fingerprint density at radius 1 is 0.667 bits per heavy atom. The third-order valence-electron chi connectivity index (χ3n) is 5.45. The molecule has 186 valence electrons. The number of phenols is 4. The standard InChI is InChI=1S/C15H22O3.C12H18O2.CH4/c1-4-7-10-9-12(13(16)6-3)15(18)11(8-5-2)14(10)17;1-3-5-9-7-8-11(13)10(6-4-2)12(9)14;/h9,17-18H,4-8H2,1-3H3;7-8,13-14H,3-6H2,1-2H3;1H4. The van der Waals surface area contributed by atoms with Gasteiger partial charge >= 0.3 is 0 Å². The lowest BCUT2D eigenvalue weighted by atomic mass is 9.94. The van der Waals surface area contributed by atoms with Gasteiger partial charge in [-0.25, -0.2) is 0 Å². The first-order chi connectivity index (χ1) is 15.3. The number of ketones is 1. The molecule has 4 N–H and O–H groups in total. The molecule has 2 aromatic carbocycles. The molecule has 0 radical (unpaired) electrons. The van der Waals surface area contributed by atoms with Gasteiger partial charge in [0.2, 0.25) is 0 Å². The van der Waals surface area contributed by atoms with Gasteiger partial charge in [-0.3, -0.25) is 4.79 Å². The van der Waals surface area contributed by atoms with E-state index in [1.807, 2.05) is 20.8 Å². The molecule has 0 aliphatic heterocycles. The summed E-state index contributed by atoms with van der Waals surface area (Å²) in [5, 5.41) is 39.7. The molecule has 0 amide bonds. The number of carbonyl (C=O) groups is 1. The molecule has 5 heteroatoms. The van der Waals surface area contributed by atoms with Crippen LogP contribution in [-0.4, -0.2) is 26.2 Å². The van der Waals surface area contributed by atoms with Crippen molar-refractivity contribution in [1.82, 2.24) is 0 Å². The number of rotatable bonds is 10. The highest BCUT2D eigenvalue weighted by atomic mass is 16.3. The second-order valence-electron chi connectivity index (χ2n) is 8.11. The van der Waals surface area contributed by atoms with E-state index in [1.54, 1.807) is 25.1 Å². The van der Waals surface area contributed by atoms with Gasteiger partial charge in [0.1, 0.15) is 23.0 Å². The Labute approximate surface area is 200 Å². The average Bonchev–Trinajstić information content (AvgIpc) is 2.78. The van der Waals surface area contributed by atoms with E-state index in [-0.39, 0.29) is 36.2 Å². The molecule has 0 heterocycles. The second-order valence-corrected chi connectivity index (χ2v) is 8.11. The average molecular weight is 461 g/mol. The van der Waals surface area contributed by atoms with Crippen LogP contribution in [0.25, 0.3) is 0 Å². The quantitative estimate of drug-likeness (QED) is 0.280. The molecule has 0 fully saturated rings. The third-order valence-corrected chi connectivity index (χ3v) is 5.45. The molecule has 5 nitrogen and oxygen atoms in total. The minimum absolute atomic E-state index is 0. The Morgan fingerprint density at radius 2 is 1.15 bits per heavy atom. The summed E-state index contributed by atoms with van der Waals surface area (Å²) in [7, 11) is 0. The monoisotopic (exact) mass is 460 g/mol. The van der Waals surface area contributed by atoms with Gasteiger partial charge in [0.05, 0.1) is 5.56 Å². The van der Waals surface area contributed by atoms with Crippen LogP contribution in [0.2, 0.25) is 0 Å². The SMILES string of the molecule is C.CCCc1cc(C(=O)CC)c(O)c(CCC)c1O.CCCc1ccc(O)c(CCC)c1O. The number of aryl methyl sites for hydroxylation is 2. The Morgan fingerprint density at radius 3 is 1.67 bits per heavy atom. The molecule has 0 aliphatic rings. The van der Waals surface area contributed by atoms with Crippen LogP contribution in [0.3, 0.4) is 0 Å². The van der Waals surface area contributed by atoms with Crippen LogP contribution in [0.1, 0.15) is 107 Å². The molecular formula is C28H44O5. The van der Waals surface area contributed by atoms with Crippen molar-refractivity contribution in [2.24, 2.45) is 0 Å². The fraction of sp³-hybridized carbons (Fsp3) is 0.536. The highest BCUT2D eigenvalue weighted by Gasteiger charge is 2.19. The zero-order valence-corrected chi connectivity index (χ0v) is 20.3. The number of carbonyl (C=O) groups excluding carboxylic acids is 1. The van der Waals surface area contributed by atoms with Crippen LogP contribution in [0.4, 0.5) is 0 Å². The van der Waals surface area contributed by atoms with Crippen molar-refractivity contribution in [3.63, 3.8) is 0 Å². The predicted molar refractivity (Wildman–Crippen MR) is 137 cm³/mol. The lowest BCUT2D eigenvalue weighted by Crippen LogP contribution is -2.03. The topological polar surface area (TPSA) is 98.0 Å². The molecule has 0 aromatic heterocycles. The summed E-state index contributed by atoms with van der Waals surface area (Å²) in [6, 6.07) is 5.11. The largest absolute Gasteiger partial charge is 0.508 e. The minimum Gasteiger partial charge on any atom is -0.508 e. The lowest BCUT2D eigenvalue weighted by molar-refractivity contribution is 0.0985. The van der Waals surface area contributed by atoms with Crippen LogP contribution >= 0.6 is 0 Å². The van der Waals surface area contributed by atoms with Gasteiger partial charge in [0.15, 0.2) is 5.78 Å². The molecule has 2 rings (SSSR count). The highest BCUT2D eigenvalue weighted by molar-refractivity contribution is 5.99. The number of hydrogen-bond acceptors (Lipinski definition) is 5. The van der Waals surface area contributed by atoms with E-state index >= 15 is 0 Å². The first-order valence-electron chi connectivity index (χ1n) is 11.9. The Hall–Kier alpha value is -2.69. The van der Waals surface area contributed by atoms with Crippen molar-refractivity contribution < 1.29 is 25.2 Å². The normalized spacial score (nSPS) is 10.2. The van der Waals surface area contributed by atoms with E-state index in [4.69, 9.17) is 0 Å². The summed E-state index contributed by atoms with van der Waals surface area (Å²) < 4.78 is 0. The molecule has 0 saturated heterocycles. The molecule has 0 spiro atoms. The molecular weight excluding hydrogens is 416 g/mol. The number of aromatic hydroxyl groups is 4.